The Hall–Kier alpha value is -3.25. The molecule has 2 aromatic heterocycles. The van der Waals surface area contributed by atoms with E-state index in [4.69, 9.17) is 9.97 Å². The molecule has 2 aromatic carbocycles. The van der Waals surface area contributed by atoms with Crippen molar-refractivity contribution >= 4 is 11.0 Å². The third kappa shape index (κ3) is 4.20. The van der Waals surface area contributed by atoms with Gasteiger partial charge in [0.1, 0.15) is 11.6 Å². The van der Waals surface area contributed by atoms with Gasteiger partial charge in [0.25, 0.3) is 5.56 Å². The zero-order chi connectivity index (χ0) is 23.8. The van der Waals surface area contributed by atoms with Crippen molar-refractivity contribution in [1.29, 1.82) is 0 Å². The van der Waals surface area contributed by atoms with Crippen molar-refractivity contribution in [1.82, 2.24) is 24.4 Å². The number of para-hydroxylation sites is 2. The van der Waals surface area contributed by atoms with Crippen molar-refractivity contribution in [3.63, 3.8) is 0 Å². The van der Waals surface area contributed by atoms with Gasteiger partial charge >= 0.3 is 0 Å². The van der Waals surface area contributed by atoms with Crippen LogP contribution in [0.25, 0.3) is 11.0 Å². The summed E-state index contributed by atoms with van der Waals surface area (Å²) in [6.45, 7) is 4.75. The number of fused-ring (bicyclic) bond motifs is 2. The van der Waals surface area contributed by atoms with Gasteiger partial charge in [0.2, 0.25) is 0 Å². The number of hydrogen-bond donors (Lipinski definition) is 1. The van der Waals surface area contributed by atoms with Gasteiger partial charge in [-0.25, -0.2) is 9.97 Å². The molecule has 1 fully saturated rings. The van der Waals surface area contributed by atoms with Gasteiger partial charge in [-0.2, -0.15) is 0 Å². The SMILES string of the molecule is CCC(c1nc2c(c(=O)n1Cc1ccccc1)CCC2)N1CCCC(c2nc3ccccc3[nH]2)C1. The van der Waals surface area contributed by atoms with Crippen LogP contribution < -0.4 is 5.56 Å². The van der Waals surface area contributed by atoms with E-state index in [2.05, 4.69) is 47.1 Å². The van der Waals surface area contributed by atoms with Crippen molar-refractivity contribution < 1.29 is 0 Å². The number of aromatic amines is 1. The lowest BCUT2D eigenvalue weighted by Crippen LogP contribution is -2.41. The molecule has 6 heteroatoms. The van der Waals surface area contributed by atoms with Crippen LogP contribution in [-0.4, -0.2) is 37.5 Å². The molecule has 6 nitrogen and oxygen atoms in total. The van der Waals surface area contributed by atoms with Gasteiger partial charge < -0.3 is 4.98 Å². The third-order valence-electron chi connectivity index (χ3n) is 7.77. The van der Waals surface area contributed by atoms with E-state index in [-0.39, 0.29) is 11.6 Å². The van der Waals surface area contributed by atoms with E-state index in [0.29, 0.717) is 12.5 Å². The Morgan fingerprint density at radius 3 is 2.69 bits per heavy atom. The molecule has 180 valence electrons. The number of hydrogen-bond acceptors (Lipinski definition) is 4. The number of rotatable bonds is 6. The molecule has 0 radical (unpaired) electrons. The first kappa shape index (κ1) is 22.2. The standard InChI is InChI=1S/C29H33N5O/c1-2-26(33-17-9-12-21(19-33)27-30-24-14-6-7-15-25(24)31-27)28-32-23-16-8-13-22(23)29(35)34(28)18-20-10-4-3-5-11-20/h3-7,10-11,14-15,21,26H,2,8-9,12-13,16-19H2,1H3,(H,30,31). The zero-order valence-electron chi connectivity index (χ0n) is 20.4. The Kier molecular flexibility index (Phi) is 5.98. The summed E-state index contributed by atoms with van der Waals surface area (Å²) in [6.07, 6.45) is 5.97. The van der Waals surface area contributed by atoms with E-state index in [0.717, 1.165) is 91.1 Å². The first-order valence-corrected chi connectivity index (χ1v) is 13.1. The summed E-state index contributed by atoms with van der Waals surface area (Å²) in [7, 11) is 0. The first-order valence-electron chi connectivity index (χ1n) is 13.1. The molecular weight excluding hydrogens is 434 g/mol. The van der Waals surface area contributed by atoms with Crippen molar-refractivity contribution in [2.24, 2.45) is 0 Å². The minimum Gasteiger partial charge on any atom is -0.342 e. The van der Waals surface area contributed by atoms with Gasteiger partial charge in [0.05, 0.1) is 29.3 Å². The van der Waals surface area contributed by atoms with Gasteiger partial charge in [-0.1, -0.05) is 49.4 Å². The number of likely N-dealkylation sites (tertiary alicyclic amines) is 1. The van der Waals surface area contributed by atoms with E-state index in [9.17, 15) is 4.79 Å². The van der Waals surface area contributed by atoms with Crippen LogP contribution in [0, 0.1) is 0 Å². The molecular formula is C29H33N5O. The molecule has 1 saturated heterocycles. The Labute approximate surface area is 206 Å². The fraction of sp³-hybridized carbons (Fsp3) is 0.414. The highest BCUT2D eigenvalue weighted by atomic mass is 16.1. The summed E-state index contributed by atoms with van der Waals surface area (Å²) in [5.74, 6) is 2.37. The molecule has 35 heavy (non-hydrogen) atoms. The number of aryl methyl sites for hydroxylation is 1. The topological polar surface area (TPSA) is 66.8 Å². The summed E-state index contributed by atoms with van der Waals surface area (Å²) in [6, 6.07) is 18.7. The minimum atomic E-state index is 0.115. The molecule has 3 heterocycles. The lowest BCUT2D eigenvalue weighted by atomic mass is 9.95. The van der Waals surface area contributed by atoms with Gasteiger partial charge in [-0.3, -0.25) is 14.3 Å². The summed E-state index contributed by atoms with van der Waals surface area (Å²) < 4.78 is 1.97. The number of nitrogens with one attached hydrogen (secondary N) is 1. The van der Waals surface area contributed by atoms with E-state index >= 15 is 0 Å². The van der Waals surface area contributed by atoms with Crippen LogP contribution in [-0.2, 0) is 19.4 Å². The number of imidazole rings is 1. The number of nitrogens with zero attached hydrogens (tertiary/aromatic N) is 4. The first-order chi connectivity index (χ1) is 17.2. The van der Waals surface area contributed by atoms with Crippen LogP contribution in [0.1, 0.15) is 73.0 Å². The zero-order valence-corrected chi connectivity index (χ0v) is 20.4. The third-order valence-corrected chi connectivity index (χ3v) is 7.77. The summed E-state index contributed by atoms with van der Waals surface area (Å²) >= 11 is 0. The highest BCUT2D eigenvalue weighted by molar-refractivity contribution is 5.74. The fourth-order valence-corrected chi connectivity index (χ4v) is 6.00. The molecule has 1 aliphatic carbocycles. The molecule has 1 N–H and O–H groups in total. The molecule has 0 bridgehead atoms. The number of benzene rings is 2. The van der Waals surface area contributed by atoms with Crippen molar-refractivity contribution in [2.75, 3.05) is 13.1 Å². The quantitative estimate of drug-likeness (QED) is 0.434. The second-order valence-corrected chi connectivity index (χ2v) is 10.0. The average Bonchev–Trinajstić information content (AvgIpc) is 3.55. The maximum absolute atomic E-state index is 13.7. The van der Waals surface area contributed by atoms with E-state index in [1.54, 1.807) is 0 Å². The maximum Gasteiger partial charge on any atom is 0.257 e. The smallest absolute Gasteiger partial charge is 0.257 e. The highest BCUT2D eigenvalue weighted by Gasteiger charge is 2.32. The second kappa shape index (κ2) is 9.42. The molecule has 0 spiro atoms. The predicted octanol–water partition coefficient (Wildman–Crippen LogP) is 4.99. The van der Waals surface area contributed by atoms with Crippen molar-refractivity contribution in [2.45, 2.75) is 64.0 Å². The van der Waals surface area contributed by atoms with Crippen LogP contribution in [0.2, 0.25) is 0 Å². The normalized spacial score (nSPS) is 19.2. The van der Waals surface area contributed by atoms with Crippen molar-refractivity contribution in [3.05, 3.63) is 93.4 Å². The lowest BCUT2D eigenvalue weighted by molar-refractivity contribution is 0.133. The summed E-state index contributed by atoms with van der Waals surface area (Å²) in [5.41, 5.74) is 5.39. The molecule has 2 unspecified atom stereocenters. The van der Waals surface area contributed by atoms with E-state index < -0.39 is 0 Å². The van der Waals surface area contributed by atoms with Gasteiger partial charge in [-0.05, 0) is 62.8 Å². The maximum atomic E-state index is 13.7. The molecule has 4 aromatic rings. The Morgan fingerprint density at radius 1 is 1.03 bits per heavy atom. The predicted molar refractivity (Wildman–Crippen MR) is 139 cm³/mol. The van der Waals surface area contributed by atoms with E-state index in [1.807, 2.05) is 28.8 Å². The van der Waals surface area contributed by atoms with E-state index in [1.165, 1.54) is 0 Å². The highest BCUT2D eigenvalue weighted by Crippen LogP contribution is 2.33. The Balaban J connectivity index is 1.35. The largest absolute Gasteiger partial charge is 0.342 e. The molecule has 0 amide bonds. The number of aromatic nitrogens is 4. The molecule has 1 aliphatic heterocycles. The van der Waals surface area contributed by atoms with Crippen LogP contribution in [0.5, 0.6) is 0 Å². The van der Waals surface area contributed by atoms with Crippen LogP contribution in [0.15, 0.2) is 59.4 Å². The fourth-order valence-electron chi connectivity index (χ4n) is 6.00. The van der Waals surface area contributed by atoms with Crippen LogP contribution in [0.3, 0.4) is 0 Å². The molecule has 2 atom stereocenters. The summed E-state index contributed by atoms with van der Waals surface area (Å²) in [5, 5.41) is 0. The summed E-state index contributed by atoms with van der Waals surface area (Å²) in [4.78, 5) is 29.9. The van der Waals surface area contributed by atoms with Crippen molar-refractivity contribution in [3.8, 4) is 0 Å². The van der Waals surface area contributed by atoms with Crippen LogP contribution >= 0.6 is 0 Å². The average molecular weight is 468 g/mol. The monoisotopic (exact) mass is 467 g/mol. The Morgan fingerprint density at radius 2 is 1.86 bits per heavy atom. The van der Waals surface area contributed by atoms with Gasteiger partial charge in [-0.15, -0.1) is 0 Å². The minimum absolute atomic E-state index is 0.115. The molecule has 6 rings (SSSR count). The van der Waals surface area contributed by atoms with Gasteiger partial charge in [0, 0.05) is 18.0 Å². The second-order valence-electron chi connectivity index (χ2n) is 10.0. The van der Waals surface area contributed by atoms with Gasteiger partial charge in [0.15, 0.2) is 0 Å². The van der Waals surface area contributed by atoms with Crippen LogP contribution in [0.4, 0.5) is 0 Å². The molecule has 2 aliphatic rings. The molecule has 0 saturated carbocycles. The number of H-pyrrole nitrogens is 1. The Bertz CT molecular complexity index is 1360. The number of piperidine rings is 1. The lowest BCUT2D eigenvalue weighted by Gasteiger charge is -2.38.